The first-order valence-electron chi connectivity index (χ1n) is 9.83. The summed E-state index contributed by atoms with van der Waals surface area (Å²) < 4.78 is 12.9. The van der Waals surface area contributed by atoms with Gasteiger partial charge in [0, 0.05) is 38.4 Å². The molecule has 3 rings (SSSR count). The average Bonchev–Trinajstić information content (AvgIpc) is 3.32. The summed E-state index contributed by atoms with van der Waals surface area (Å²) in [4.78, 5) is 4.74. The molecule has 156 valence electrons. The van der Waals surface area contributed by atoms with Gasteiger partial charge in [-0.2, -0.15) is 5.10 Å². The molecule has 0 spiro atoms. The summed E-state index contributed by atoms with van der Waals surface area (Å²) in [7, 11) is -1.13. The molecule has 3 aromatic rings. The van der Waals surface area contributed by atoms with Gasteiger partial charge in [-0.3, -0.25) is 0 Å². The van der Waals surface area contributed by atoms with Gasteiger partial charge in [0.2, 0.25) is 0 Å². The van der Waals surface area contributed by atoms with E-state index in [2.05, 4.69) is 24.7 Å². The Labute approximate surface area is 177 Å². The summed E-state index contributed by atoms with van der Waals surface area (Å²) in [6.07, 6.45) is 0.739. The van der Waals surface area contributed by atoms with Crippen molar-refractivity contribution < 1.29 is 14.6 Å². The van der Waals surface area contributed by atoms with Crippen molar-refractivity contribution in [3.05, 3.63) is 47.5 Å². The number of hydrogen-bond acceptors (Lipinski definition) is 6. The number of benzene rings is 1. The Morgan fingerprint density at radius 1 is 1.21 bits per heavy atom. The van der Waals surface area contributed by atoms with E-state index in [9.17, 15) is 5.11 Å². The van der Waals surface area contributed by atoms with Crippen LogP contribution in [0.25, 0.3) is 22.0 Å². The van der Waals surface area contributed by atoms with E-state index < -0.39 is 14.4 Å². The monoisotopic (exact) mass is 431 g/mol. The highest BCUT2D eigenvalue weighted by molar-refractivity contribution is 7.13. The van der Waals surface area contributed by atoms with Gasteiger partial charge in [0.05, 0.1) is 11.3 Å². The number of aliphatic hydroxyl groups is 1. The zero-order chi connectivity index (χ0) is 20.9. The van der Waals surface area contributed by atoms with Gasteiger partial charge in [0.1, 0.15) is 17.4 Å². The standard InChI is InChI=1S/C21H29N3O3SSi/c1-5-27-21(25)17-13-24(15-26-11-12-29(2,3)4)23-19(17)20-22-18(14-28-20)16-9-7-6-8-10-16/h6-10,13-14,21,25H,5,11-12,15H2,1-4H3. The van der Waals surface area contributed by atoms with Crippen molar-refractivity contribution in [2.45, 2.75) is 45.6 Å². The molecular formula is C21H29N3O3SSi. The Morgan fingerprint density at radius 2 is 1.97 bits per heavy atom. The quantitative estimate of drug-likeness (QED) is 0.277. The number of nitrogens with zero attached hydrogens (tertiary/aromatic N) is 3. The van der Waals surface area contributed by atoms with E-state index in [1.165, 1.54) is 11.3 Å². The van der Waals surface area contributed by atoms with Crippen molar-refractivity contribution in [3.8, 4) is 22.0 Å². The van der Waals surface area contributed by atoms with Gasteiger partial charge in [-0.15, -0.1) is 11.3 Å². The Balaban J connectivity index is 1.81. The molecule has 1 unspecified atom stereocenters. The summed E-state index contributed by atoms with van der Waals surface area (Å²) in [5.74, 6) is 0. The molecule has 1 atom stereocenters. The van der Waals surface area contributed by atoms with Crippen LogP contribution in [0, 0.1) is 0 Å². The fourth-order valence-corrected chi connectivity index (χ4v) is 4.35. The number of aromatic nitrogens is 3. The number of aliphatic hydroxyl groups excluding tert-OH is 1. The minimum atomic E-state index is -1.13. The summed E-state index contributed by atoms with van der Waals surface area (Å²) >= 11 is 1.50. The molecule has 2 heterocycles. The number of thiazole rings is 1. The zero-order valence-corrected chi connectivity index (χ0v) is 19.3. The van der Waals surface area contributed by atoms with E-state index in [0.29, 0.717) is 31.2 Å². The van der Waals surface area contributed by atoms with Crippen LogP contribution in [0.2, 0.25) is 25.7 Å². The smallest absolute Gasteiger partial charge is 0.184 e. The molecule has 0 aliphatic rings. The number of hydrogen-bond donors (Lipinski definition) is 1. The van der Waals surface area contributed by atoms with Gasteiger partial charge in [-0.05, 0) is 13.0 Å². The Kier molecular flexibility index (Phi) is 7.37. The lowest BCUT2D eigenvalue weighted by atomic mass is 10.2. The minimum absolute atomic E-state index is 0.341. The van der Waals surface area contributed by atoms with E-state index in [-0.39, 0.29) is 0 Å². The van der Waals surface area contributed by atoms with E-state index in [0.717, 1.165) is 22.3 Å². The second-order valence-corrected chi connectivity index (χ2v) is 14.5. The maximum absolute atomic E-state index is 10.4. The molecule has 1 aromatic carbocycles. The molecule has 0 saturated heterocycles. The highest BCUT2D eigenvalue weighted by atomic mass is 32.1. The van der Waals surface area contributed by atoms with Gasteiger partial charge < -0.3 is 14.6 Å². The third kappa shape index (κ3) is 6.07. The predicted octanol–water partition coefficient (Wildman–Crippen LogP) is 5.01. The van der Waals surface area contributed by atoms with Crippen LogP contribution in [-0.4, -0.2) is 41.2 Å². The Bertz CT molecular complexity index is 906. The van der Waals surface area contributed by atoms with Crippen molar-refractivity contribution in [1.82, 2.24) is 14.8 Å². The maximum atomic E-state index is 10.4. The van der Waals surface area contributed by atoms with Crippen LogP contribution in [-0.2, 0) is 16.2 Å². The second kappa shape index (κ2) is 9.77. The fourth-order valence-electron chi connectivity index (χ4n) is 2.76. The van der Waals surface area contributed by atoms with E-state index >= 15 is 0 Å². The lowest BCUT2D eigenvalue weighted by Crippen LogP contribution is -2.22. The van der Waals surface area contributed by atoms with Crippen LogP contribution >= 0.6 is 11.3 Å². The van der Waals surface area contributed by atoms with Crippen LogP contribution in [0.1, 0.15) is 18.8 Å². The topological polar surface area (TPSA) is 69.4 Å². The summed E-state index contributed by atoms with van der Waals surface area (Å²) in [5.41, 5.74) is 3.18. The molecule has 0 bridgehead atoms. The van der Waals surface area contributed by atoms with Crippen LogP contribution in [0.5, 0.6) is 0 Å². The largest absolute Gasteiger partial charge is 0.364 e. The van der Waals surface area contributed by atoms with Gasteiger partial charge in [0.25, 0.3) is 0 Å². The van der Waals surface area contributed by atoms with E-state index in [4.69, 9.17) is 14.5 Å². The molecule has 2 aromatic heterocycles. The summed E-state index contributed by atoms with van der Waals surface area (Å²) in [5, 5.41) is 17.8. The van der Waals surface area contributed by atoms with Crippen molar-refractivity contribution in [2.24, 2.45) is 0 Å². The molecule has 0 saturated carbocycles. The molecule has 8 heteroatoms. The van der Waals surface area contributed by atoms with Crippen LogP contribution in [0.3, 0.4) is 0 Å². The predicted molar refractivity (Wildman–Crippen MR) is 119 cm³/mol. The highest BCUT2D eigenvalue weighted by Crippen LogP contribution is 2.32. The van der Waals surface area contributed by atoms with Crippen LogP contribution in [0.4, 0.5) is 0 Å². The van der Waals surface area contributed by atoms with Crippen LogP contribution in [0.15, 0.2) is 41.9 Å². The molecule has 0 radical (unpaired) electrons. The number of ether oxygens (including phenoxy) is 2. The van der Waals surface area contributed by atoms with Crippen molar-refractivity contribution in [1.29, 1.82) is 0 Å². The maximum Gasteiger partial charge on any atom is 0.184 e. The summed E-state index contributed by atoms with van der Waals surface area (Å²) in [6, 6.07) is 11.1. The zero-order valence-electron chi connectivity index (χ0n) is 17.5. The van der Waals surface area contributed by atoms with Gasteiger partial charge in [-0.1, -0.05) is 50.0 Å². The second-order valence-electron chi connectivity index (χ2n) is 8.03. The summed E-state index contributed by atoms with van der Waals surface area (Å²) in [6.45, 7) is 10.3. The SMILES string of the molecule is CCOC(O)c1cn(COCC[Si](C)(C)C)nc1-c1nc(-c2ccccc2)cs1. The average molecular weight is 432 g/mol. The molecule has 0 aliphatic carbocycles. The van der Waals surface area contributed by atoms with Crippen LogP contribution < -0.4 is 0 Å². The van der Waals surface area contributed by atoms with Gasteiger partial charge >= 0.3 is 0 Å². The normalized spacial score (nSPS) is 13.0. The Hall–Kier alpha value is -1.84. The van der Waals surface area contributed by atoms with Crippen molar-refractivity contribution in [2.75, 3.05) is 13.2 Å². The fraction of sp³-hybridized carbons (Fsp3) is 0.429. The molecule has 29 heavy (non-hydrogen) atoms. The molecule has 6 nitrogen and oxygen atoms in total. The number of rotatable bonds is 10. The lowest BCUT2D eigenvalue weighted by Gasteiger charge is -2.15. The molecule has 0 fully saturated rings. The minimum Gasteiger partial charge on any atom is -0.364 e. The third-order valence-electron chi connectivity index (χ3n) is 4.38. The van der Waals surface area contributed by atoms with Crippen molar-refractivity contribution >= 4 is 19.4 Å². The van der Waals surface area contributed by atoms with E-state index in [1.54, 1.807) is 10.9 Å². The Morgan fingerprint density at radius 3 is 2.66 bits per heavy atom. The highest BCUT2D eigenvalue weighted by Gasteiger charge is 2.21. The molecule has 0 amide bonds. The molecule has 1 N–H and O–H groups in total. The third-order valence-corrected chi connectivity index (χ3v) is 6.93. The molecule has 0 aliphatic heterocycles. The first kappa shape index (κ1) is 21.9. The first-order chi connectivity index (χ1) is 13.9. The lowest BCUT2D eigenvalue weighted by molar-refractivity contribution is -0.0977. The van der Waals surface area contributed by atoms with E-state index in [1.807, 2.05) is 42.6 Å². The van der Waals surface area contributed by atoms with Gasteiger partial charge in [0.15, 0.2) is 6.29 Å². The van der Waals surface area contributed by atoms with Crippen molar-refractivity contribution in [3.63, 3.8) is 0 Å². The first-order valence-corrected chi connectivity index (χ1v) is 14.4. The van der Waals surface area contributed by atoms with Gasteiger partial charge in [-0.25, -0.2) is 9.67 Å². The molecular weight excluding hydrogens is 402 g/mol.